The highest BCUT2D eigenvalue weighted by Crippen LogP contribution is 2.11. The van der Waals surface area contributed by atoms with Crippen molar-refractivity contribution in [3.8, 4) is 0 Å². The lowest BCUT2D eigenvalue weighted by Gasteiger charge is -2.18. The first-order chi connectivity index (χ1) is 6.25. The summed E-state index contributed by atoms with van der Waals surface area (Å²) >= 11 is 0. The number of nitrogens with two attached hydrogens (primary N) is 1. The van der Waals surface area contributed by atoms with Gasteiger partial charge in [0.25, 0.3) is 0 Å². The van der Waals surface area contributed by atoms with Crippen LogP contribution < -0.4 is 10.6 Å². The van der Waals surface area contributed by atoms with Gasteiger partial charge in [0.05, 0.1) is 13.2 Å². The van der Waals surface area contributed by atoms with Crippen LogP contribution in [0.3, 0.4) is 0 Å². The number of hydrogen-bond acceptors (Lipinski definition) is 2. The second kappa shape index (κ2) is 4.47. The molecule has 0 heterocycles. The van der Waals surface area contributed by atoms with E-state index in [0.717, 1.165) is 0 Å². The Morgan fingerprint density at radius 3 is 2.46 bits per heavy atom. The summed E-state index contributed by atoms with van der Waals surface area (Å²) in [6, 6.07) is 8.44. The average molecular weight is 180 g/mol. The van der Waals surface area contributed by atoms with Crippen molar-refractivity contribution < 1.29 is 9.90 Å². The first kappa shape index (κ1) is 9.54. The summed E-state index contributed by atoms with van der Waals surface area (Å²) in [6.45, 7) is 0.122. The van der Waals surface area contributed by atoms with Gasteiger partial charge < -0.3 is 10.8 Å². The molecule has 1 rings (SSSR count). The summed E-state index contributed by atoms with van der Waals surface area (Å²) in [4.78, 5) is 12.2. The van der Waals surface area contributed by atoms with Gasteiger partial charge in [-0.25, -0.2) is 4.79 Å². The topological polar surface area (TPSA) is 66.6 Å². The number of urea groups is 1. The maximum atomic E-state index is 10.9. The molecule has 70 valence electrons. The van der Waals surface area contributed by atoms with Crippen LogP contribution in [0.1, 0.15) is 0 Å². The zero-order valence-electron chi connectivity index (χ0n) is 7.18. The number of carbonyl (C=O) groups excluding carboxylic acids is 1. The first-order valence-electron chi connectivity index (χ1n) is 3.98. The number of aliphatic hydroxyl groups excluding tert-OH is 1. The van der Waals surface area contributed by atoms with Gasteiger partial charge in [0.15, 0.2) is 0 Å². The molecule has 0 aliphatic heterocycles. The lowest BCUT2D eigenvalue weighted by Crippen LogP contribution is -2.37. The Balaban J connectivity index is 2.82. The van der Waals surface area contributed by atoms with Gasteiger partial charge in [0.1, 0.15) is 0 Å². The molecule has 0 radical (unpaired) electrons. The highest BCUT2D eigenvalue weighted by atomic mass is 16.3. The molecule has 0 aliphatic rings. The second-order valence-electron chi connectivity index (χ2n) is 2.55. The number of primary amides is 1. The number of amides is 2. The van der Waals surface area contributed by atoms with E-state index in [4.69, 9.17) is 10.8 Å². The molecule has 4 nitrogen and oxygen atoms in total. The van der Waals surface area contributed by atoms with Crippen molar-refractivity contribution in [1.82, 2.24) is 0 Å². The minimum Gasteiger partial charge on any atom is -0.395 e. The summed E-state index contributed by atoms with van der Waals surface area (Å²) in [7, 11) is 0. The van der Waals surface area contributed by atoms with Gasteiger partial charge >= 0.3 is 6.03 Å². The predicted octanol–water partition coefficient (Wildman–Crippen LogP) is 0.564. The fourth-order valence-corrected chi connectivity index (χ4v) is 1.07. The largest absolute Gasteiger partial charge is 0.395 e. The zero-order chi connectivity index (χ0) is 9.68. The Bertz CT molecular complexity index is 274. The van der Waals surface area contributed by atoms with E-state index in [-0.39, 0.29) is 13.2 Å². The van der Waals surface area contributed by atoms with Crippen molar-refractivity contribution in [2.75, 3.05) is 18.1 Å². The molecule has 0 bridgehead atoms. The highest BCUT2D eigenvalue weighted by Gasteiger charge is 2.09. The van der Waals surface area contributed by atoms with Crippen molar-refractivity contribution >= 4 is 11.7 Å². The SMILES string of the molecule is NC(=O)N(CCO)c1ccccc1. The summed E-state index contributed by atoms with van der Waals surface area (Å²) in [5.41, 5.74) is 5.83. The molecule has 1 aromatic carbocycles. The lowest BCUT2D eigenvalue weighted by molar-refractivity contribution is 0.249. The van der Waals surface area contributed by atoms with Crippen molar-refractivity contribution in [2.45, 2.75) is 0 Å². The van der Waals surface area contributed by atoms with E-state index in [2.05, 4.69) is 0 Å². The molecular weight excluding hydrogens is 168 g/mol. The number of para-hydroxylation sites is 1. The van der Waals surface area contributed by atoms with E-state index in [1.807, 2.05) is 18.2 Å². The van der Waals surface area contributed by atoms with Gasteiger partial charge in [-0.2, -0.15) is 0 Å². The number of nitrogens with zero attached hydrogens (tertiary/aromatic N) is 1. The van der Waals surface area contributed by atoms with E-state index in [0.29, 0.717) is 5.69 Å². The number of benzene rings is 1. The van der Waals surface area contributed by atoms with Gasteiger partial charge in [-0.1, -0.05) is 18.2 Å². The first-order valence-corrected chi connectivity index (χ1v) is 3.98. The molecule has 0 spiro atoms. The maximum Gasteiger partial charge on any atom is 0.319 e. The van der Waals surface area contributed by atoms with Crippen molar-refractivity contribution in [3.63, 3.8) is 0 Å². The monoisotopic (exact) mass is 180 g/mol. The van der Waals surface area contributed by atoms with E-state index in [1.54, 1.807) is 12.1 Å². The highest BCUT2D eigenvalue weighted by molar-refractivity contribution is 5.90. The van der Waals surface area contributed by atoms with E-state index < -0.39 is 6.03 Å². The van der Waals surface area contributed by atoms with Crippen LogP contribution in [0, 0.1) is 0 Å². The lowest BCUT2D eigenvalue weighted by atomic mass is 10.3. The van der Waals surface area contributed by atoms with Crippen molar-refractivity contribution in [2.24, 2.45) is 5.73 Å². The van der Waals surface area contributed by atoms with Gasteiger partial charge in [0, 0.05) is 5.69 Å². The van der Waals surface area contributed by atoms with Crippen LogP contribution >= 0.6 is 0 Å². The van der Waals surface area contributed by atoms with Gasteiger partial charge in [-0.3, -0.25) is 4.90 Å². The van der Waals surface area contributed by atoms with Crippen LogP contribution in [0.25, 0.3) is 0 Å². The number of hydrogen-bond donors (Lipinski definition) is 2. The summed E-state index contributed by atoms with van der Waals surface area (Å²) in [6.07, 6.45) is 0. The summed E-state index contributed by atoms with van der Waals surface area (Å²) < 4.78 is 0. The van der Waals surface area contributed by atoms with Crippen LogP contribution in [0.2, 0.25) is 0 Å². The number of anilines is 1. The smallest absolute Gasteiger partial charge is 0.319 e. The Morgan fingerprint density at radius 1 is 1.38 bits per heavy atom. The van der Waals surface area contributed by atoms with Crippen LogP contribution in [0.4, 0.5) is 10.5 Å². The minimum atomic E-state index is -0.555. The Morgan fingerprint density at radius 2 is 2.00 bits per heavy atom. The molecule has 4 heteroatoms. The minimum absolute atomic E-state index is 0.0994. The van der Waals surface area contributed by atoms with Gasteiger partial charge in [-0.15, -0.1) is 0 Å². The summed E-state index contributed by atoms with van der Waals surface area (Å²) in [5, 5.41) is 8.70. The molecule has 0 saturated heterocycles. The predicted molar refractivity (Wildman–Crippen MR) is 50.5 cm³/mol. The maximum absolute atomic E-state index is 10.9. The van der Waals surface area contributed by atoms with Crippen molar-refractivity contribution in [3.05, 3.63) is 30.3 Å². The molecule has 0 aromatic heterocycles. The molecule has 0 unspecified atom stereocenters. The normalized spacial score (nSPS) is 9.62. The standard InChI is InChI=1S/C9H12N2O2/c10-9(13)11(6-7-12)8-4-2-1-3-5-8/h1-5,12H,6-7H2,(H2,10,13). The number of carbonyl (C=O) groups is 1. The molecule has 0 atom stereocenters. The molecule has 1 aromatic rings. The summed E-state index contributed by atoms with van der Waals surface area (Å²) in [5.74, 6) is 0. The quantitative estimate of drug-likeness (QED) is 0.713. The zero-order valence-corrected chi connectivity index (χ0v) is 7.18. The second-order valence-corrected chi connectivity index (χ2v) is 2.55. The molecule has 3 N–H and O–H groups in total. The number of aliphatic hydroxyl groups is 1. The number of rotatable bonds is 3. The third kappa shape index (κ3) is 2.45. The Hall–Kier alpha value is -1.55. The molecule has 0 saturated carbocycles. The van der Waals surface area contributed by atoms with Crippen LogP contribution in [-0.2, 0) is 0 Å². The molecule has 0 aliphatic carbocycles. The van der Waals surface area contributed by atoms with E-state index >= 15 is 0 Å². The molecular formula is C9H12N2O2. The van der Waals surface area contributed by atoms with Crippen molar-refractivity contribution in [1.29, 1.82) is 0 Å². The van der Waals surface area contributed by atoms with Gasteiger partial charge in [-0.05, 0) is 12.1 Å². The Kier molecular flexibility index (Phi) is 3.28. The van der Waals surface area contributed by atoms with Gasteiger partial charge in [0.2, 0.25) is 0 Å². The van der Waals surface area contributed by atoms with Crippen LogP contribution in [-0.4, -0.2) is 24.3 Å². The molecule has 2 amide bonds. The van der Waals surface area contributed by atoms with E-state index in [1.165, 1.54) is 4.90 Å². The van der Waals surface area contributed by atoms with Crippen LogP contribution in [0.15, 0.2) is 30.3 Å². The Labute approximate surface area is 76.6 Å². The third-order valence-electron chi connectivity index (χ3n) is 1.66. The average Bonchev–Trinajstić information content (AvgIpc) is 2.15. The fraction of sp³-hybridized carbons (Fsp3) is 0.222. The van der Waals surface area contributed by atoms with Crippen LogP contribution in [0.5, 0.6) is 0 Å². The molecule has 13 heavy (non-hydrogen) atoms. The molecule has 0 fully saturated rings. The third-order valence-corrected chi connectivity index (χ3v) is 1.66. The van der Waals surface area contributed by atoms with E-state index in [9.17, 15) is 4.79 Å². The fourth-order valence-electron chi connectivity index (χ4n) is 1.07.